The molecule has 2 aliphatic rings. The molecule has 0 aliphatic carbocycles. The van der Waals surface area contributed by atoms with Gasteiger partial charge in [-0.3, -0.25) is 9.48 Å². The Morgan fingerprint density at radius 3 is 2.74 bits per heavy atom. The summed E-state index contributed by atoms with van der Waals surface area (Å²) < 4.78 is 7.23. The lowest BCUT2D eigenvalue weighted by atomic mass is 10.1. The third kappa shape index (κ3) is 3.96. The van der Waals surface area contributed by atoms with Crippen molar-refractivity contribution in [1.29, 1.82) is 5.26 Å². The Morgan fingerprint density at radius 2 is 2.00 bits per heavy atom. The highest BCUT2D eigenvalue weighted by molar-refractivity contribution is 5.87. The molecule has 0 saturated carbocycles. The van der Waals surface area contributed by atoms with E-state index < -0.39 is 0 Å². The summed E-state index contributed by atoms with van der Waals surface area (Å²) in [5, 5.41) is 16.6. The fraction of sp³-hybridized carbons (Fsp3) is 0.450. The van der Waals surface area contributed by atoms with Gasteiger partial charge in [0.05, 0.1) is 30.1 Å². The number of carbonyl (C=O) groups excluding carboxylic acids is 1. The van der Waals surface area contributed by atoms with E-state index >= 15 is 0 Å². The molecule has 2 aromatic rings. The molecule has 7 nitrogen and oxygen atoms in total. The van der Waals surface area contributed by atoms with Crippen LogP contribution in [0.1, 0.15) is 30.4 Å². The van der Waals surface area contributed by atoms with Gasteiger partial charge >= 0.3 is 0 Å². The van der Waals surface area contributed by atoms with Crippen LogP contribution in [-0.4, -0.2) is 52.4 Å². The van der Waals surface area contributed by atoms with Crippen molar-refractivity contribution in [2.45, 2.75) is 37.9 Å². The molecule has 1 N–H and O–H groups in total. The molecule has 7 heteroatoms. The van der Waals surface area contributed by atoms with Crippen LogP contribution in [0.3, 0.4) is 0 Å². The first-order valence-corrected chi connectivity index (χ1v) is 9.39. The smallest absolute Gasteiger partial charge is 0.245 e. The van der Waals surface area contributed by atoms with Gasteiger partial charge in [-0.05, 0) is 37.0 Å². The quantitative estimate of drug-likeness (QED) is 0.876. The fourth-order valence-corrected chi connectivity index (χ4v) is 3.79. The van der Waals surface area contributed by atoms with Gasteiger partial charge < -0.3 is 15.0 Å². The second kappa shape index (κ2) is 7.80. The molecule has 2 fully saturated rings. The van der Waals surface area contributed by atoms with Crippen LogP contribution in [0.2, 0.25) is 0 Å². The minimum atomic E-state index is -0.180. The van der Waals surface area contributed by atoms with Crippen LogP contribution >= 0.6 is 0 Å². The number of hydrogen-bond acceptors (Lipinski definition) is 5. The number of nitrogens with zero attached hydrogens (tertiary/aromatic N) is 4. The maximum Gasteiger partial charge on any atom is 0.245 e. The largest absolute Gasteiger partial charge is 0.381 e. The number of anilines is 1. The third-order valence-corrected chi connectivity index (χ3v) is 5.27. The zero-order valence-electron chi connectivity index (χ0n) is 15.2. The van der Waals surface area contributed by atoms with E-state index in [0.29, 0.717) is 18.2 Å². The second-order valence-corrected chi connectivity index (χ2v) is 7.10. The number of benzene rings is 1. The maximum absolute atomic E-state index is 12.7. The van der Waals surface area contributed by atoms with E-state index in [9.17, 15) is 4.79 Å². The Balaban J connectivity index is 1.35. The number of nitriles is 1. The van der Waals surface area contributed by atoms with Gasteiger partial charge in [0.2, 0.25) is 5.91 Å². The van der Waals surface area contributed by atoms with E-state index in [4.69, 9.17) is 10.00 Å². The van der Waals surface area contributed by atoms with Crippen molar-refractivity contribution >= 4 is 11.6 Å². The molecule has 140 valence electrons. The highest BCUT2D eigenvalue weighted by atomic mass is 16.5. The topological polar surface area (TPSA) is 83.2 Å². The monoisotopic (exact) mass is 365 g/mol. The normalized spacial score (nSPS) is 20.6. The molecule has 1 aromatic carbocycles. The van der Waals surface area contributed by atoms with Crippen LogP contribution in [0.25, 0.3) is 0 Å². The van der Waals surface area contributed by atoms with Gasteiger partial charge in [0.15, 0.2) is 0 Å². The molecule has 4 rings (SSSR count). The number of hydrogen-bond donors (Lipinski definition) is 1. The molecule has 3 heterocycles. The lowest BCUT2D eigenvalue weighted by molar-refractivity contribution is -0.131. The Morgan fingerprint density at radius 1 is 1.22 bits per heavy atom. The maximum atomic E-state index is 12.7. The van der Waals surface area contributed by atoms with Gasteiger partial charge in [-0.2, -0.15) is 10.4 Å². The van der Waals surface area contributed by atoms with Crippen molar-refractivity contribution in [3.8, 4) is 6.07 Å². The molecule has 2 saturated heterocycles. The molecule has 1 aromatic heterocycles. The zero-order valence-corrected chi connectivity index (χ0v) is 15.2. The first-order valence-electron chi connectivity index (χ1n) is 9.39. The Labute approximate surface area is 158 Å². The number of amides is 1. The van der Waals surface area contributed by atoms with Gasteiger partial charge in [-0.1, -0.05) is 12.1 Å². The molecule has 2 aliphatic heterocycles. The van der Waals surface area contributed by atoms with Crippen molar-refractivity contribution in [3.63, 3.8) is 0 Å². The number of nitrogens with one attached hydrogen (secondary N) is 1. The molecule has 1 unspecified atom stereocenters. The van der Waals surface area contributed by atoms with Gasteiger partial charge in [0.25, 0.3) is 0 Å². The summed E-state index contributed by atoms with van der Waals surface area (Å²) in [5.74, 6) is 0.182. The summed E-state index contributed by atoms with van der Waals surface area (Å²) >= 11 is 0. The number of rotatable bonds is 5. The highest BCUT2D eigenvalue weighted by Gasteiger charge is 2.36. The first kappa shape index (κ1) is 17.6. The predicted molar refractivity (Wildman–Crippen MR) is 100 cm³/mol. The number of aromatic nitrogens is 2. The van der Waals surface area contributed by atoms with E-state index in [1.807, 2.05) is 27.9 Å². The van der Waals surface area contributed by atoms with Crippen LogP contribution < -0.4 is 5.32 Å². The fourth-order valence-electron chi connectivity index (χ4n) is 3.79. The average molecular weight is 365 g/mol. The average Bonchev–Trinajstić information content (AvgIpc) is 3.30. The Kier molecular flexibility index (Phi) is 5.07. The minimum Gasteiger partial charge on any atom is -0.381 e. The second-order valence-electron chi connectivity index (χ2n) is 7.10. The van der Waals surface area contributed by atoms with Gasteiger partial charge in [0, 0.05) is 32.0 Å². The molecule has 0 bridgehead atoms. The van der Waals surface area contributed by atoms with E-state index in [-0.39, 0.29) is 11.9 Å². The lowest BCUT2D eigenvalue weighted by Gasteiger charge is -2.31. The predicted octanol–water partition coefficient (Wildman–Crippen LogP) is 1.99. The van der Waals surface area contributed by atoms with E-state index in [0.717, 1.165) is 50.3 Å². The van der Waals surface area contributed by atoms with Crippen molar-refractivity contribution in [3.05, 3.63) is 47.8 Å². The Bertz CT molecular complexity index is 833. The van der Waals surface area contributed by atoms with Crippen LogP contribution in [0.4, 0.5) is 5.69 Å². The number of carbonyl (C=O) groups is 1. The molecular formula is C20H23N5O2. The summed E-state index contributed by atoms with van der Waals surface area (Å²) in [5.41, 5.74) is 2.58. The molecule has 0 spiro atoms. The summed E-state index contributed by atoms with van der Waals surface area (Å²) in [7, 11) is 0. The van der Waals surface area contributed by atoms with Crippen molar-refractivity contribution in [2.75, 3.05) is 25.1 Å². The molecule has 27 heavy (non-hydrogen) atoms. The SMILES string of the molecule is N#Cc1ccc(Cn2cc(NC3CCN(C4CCOCC4)C3=O)cn2)cc1. The van der Waals surface area contributed by atoms with E-state index in [2.05, 4.69) is 16.5 Å². The van der Waals surface area contributed by atoms with Crippen LogP contribution in [0.15, 0.2) is 36.7 Å². The van der Waals surface area contributed by atoms with Crippen molar-refractivity contribution in [1.82, 2.24) is 14.7 Å². The summed E-state index contributed by atoms with van der Waals surface area (Å²) in [6.45, 7) is 2.92. The highest BCUT2D eigenvalue weighted by Crippen LogP contribution is 2.23. The summed E-state index contributed by atoms with van der Waals surface area (Å²) in [6, 6.07) is 9.73. The summed E-state index contributed by atoms with van der Waals surface area (Å²) in [6.07, 6.45) is 6.36. The third-order valence-electron chi connectivity index (χ3n) is 5.27. The molecule has 1 amide bonds. The van der Waals surface area contributed by atoms with Gasteiger partial charge in [0.1, 0.15) is 6.04 Å². The molecule has 0 radical (unpaired) electrons. The van der Waals surface area contributed by atoms with Crippen molar-refractivity contribution < 1.29 is 9.53 Å². The number of likely N-dealkylation sites (tertiary alicyclic amines) is 1. The molecule has 1 atom stereocenters. The van der Waals surface area contributed by atoms with Crippen LogP contribution in [0.5, 0.6) is 0 Å². The number of ether oxygens (including phenoxy) is 1. The summed E-state index contributed by atoms with van der Waals surface area (Å²) in [4.78, 5) is 14.8. The van der Waals surface area contributed by atoms with Crippen LogP contribution in [-0.2, 0) is 16.1 Å². The minimum absolute atomic E-state index is 0.180. The van der Waals surface area contributed by atoms with E-state index in [1.165, 1.54) is 0 Å². The van der Waals surface area contributed by atoms with Gasteiger partial charge in [-0.25, -0.2) is 0 Å². The van der Waals surface area contributed by atoms with Crippen LogP contribution in [0, 0.1) is 11.3 Å². The zero-order chi connectivity index (χ0) is 18.6. The standard InChI is InChI=1S/C20H23N5O2/c21-11-15-1-3-16(4-2-15)13-24-14-17(12-22-24)23-19-5-8-25(20(19)26)18-6-9-27-10-7-18/h1-4,12,14,18-19,23H,5-10,13H2. The lowest BCUT2D eigenvalue weighted by Crippen LogP contribution is -2.43. The first-order chi connectivity index (χ1) is 13.2. The van der Waals surface area contributed by atoms with Crippen molar-refractivity contribution in [2.24, 2.45) is 0 Å². The molecular weight excluding hydrogens is 342 g/mol. The Hall–Kier alpha value is -2.85. The van der Waals surface area contributed by atoms with Gasteiger partial charge in [-0.15, -0.1) is 0 Å². The van der Waals surface area contributed by atoms with E-state index in [1.54, 1.807) is 18.3 Å².